The summed E-state index contributed by atoms with van der Waals surface area (Å²) in [6, 6.07) is 23.3. The summed E-state index contributed by atoms with van der Waals surface area (Å²) >= 11 is 21.4. The molecule has 2 aliphatic rings. The Morgan fingerprint density at radius 1 is 0.844 bits per heavy atom. The van der Waals surface area contributed by atoms with Crippen molar-refractivity contribution < 1.29 is 0 Å². The molecule has 3 aromatic rings. The van der Waals surface area contributed by atoms with Crippen LogP contribution < -0.4 is 4.90 Å². The zero-order valence-electron chi connectivity index (χ0n) is 17.6. The third kappa shape index (κ3) is 4.78. The topological polar surface area (TPSA) is 6.48 Å². The molecule has 2 nitrogen and oxygen atoms in total. The molecule has 0 aromatic heterocycles. The molecule has 0 radical (unpaired) electrons. The van der Waals surface area contributed by atoms with Crippen LogP contribution in [0.15, 0.2) is 66.7 Å². The van der Waals surface area contributed by atoms with Crippen molar-refractivity contribution in [3.63, 3.8) is 0 Å². The van der Waals surface area contributed by atoms with E-state index in [1.165, 1.54) is 27.5 Å². The Labute approximate surface area is 218 Å². The first-order chi connectivity index (χ1) is 15.4. The van der Waals surface area contributed by atoms with Gasteiger partial charge in [0.25, 0.3) is 0 Å². The maximum absolute atomic E-state index is 6.63. The molecule has 0 spiro atoms. The number of halogens is 4. The zero-order valence-corrected chi connectivity index (χ0v) is 22.0. The average molecular weight is 598 g/mol. The van der Waals surface area contributed by atoms with Crippen LogP contribution in [0.2, 0.25) is 15.1 Å². The Hall–Kier alpha value is -0.980. The van der Waals surface area contributed by atoms with Gasteiger partial charge in [-0.05, 0) is 89.0 Å². The highest BCUT2D eigenvalue weighted by atomic mass is 127. The van der Waals surface area contributed by atoms with Crippen molar-refractivity contribution >= 4 is 63.1 Å². The SMILES string of the molecule is Clc1ccc(C2CN(CC3(c4ccc(I)cc4)CC3)CCN2c2ccc(Cl)cc2Cl)cc1. The van der Waals surface area contributed by atoms with Gasteiger partial charge in [0.2, 0.25) is 0 Å². The second-order valence-corrected chi connectivity index (χ2v) is 11.4. The summed E-state index contributed by atoms with van der Waals surface area (Å²) in [5, 5.41) is 2.12. The molecule has 1 aliphatic carbocycles. The van der Waals surface area contributed by atoms with Crippen molar-refractivity contribution in [2.45, 2.75) is 24.3 Å². The van der Waals surface area contributed by atoms with E-state index in [1.807, 2.05) is 30.3 Å². The summed E-state index contributed by atoms with van der Waals surface area (Å²) in [6.45, 7) is 3.97. The molecule has 1 saturated heterocycles. The van der Waals surface area contributed by atoms with E-state index in [4.69, 9.17) is 34.8 Å². The molecule has 0 bridgehead atoms. The number of hydrogen-bond acceptors (Lipinski definition) is 2. The fourth-order valence-electron chi connectivity index (χ4n) is 4.88. The molecule has 166 valence electrons. The maximum atomic E-state index is 6.63. The fraction of sp³-hybridized carbons (Fsp3) is 0.308. The average Bonchev–Trinajstić information content (AvgIpc) is 3.56. The summed E-state index contributed by atoms with van der Waals surface area (Å²) < 4.78 is 1.29. The van der Waals surface area contributed by atoms with Crippen LogP contribution >= 0.6 is 57.4 Å². The van der Waals surface area contributed by atoms with Crippen LogP contribution in [-0.2, 0) is 5.41 Å². The van der Waals surface area contributed by atoms with Crippen molar-refractivity contribution in [1.82, 2.24) is 4.90 Å². The Morgan fingerprint density at radius 3 is 2.19 bits per heavy atom. The van der Waals surface area contributed by atoms with Gasteiger partial charge in [-0.25, -0.2) is 0 Å². The lowest BCUT2D eigenvalue weighted by molar-refractivity contribution is 0.205. The highest BCUT2D eigenvalue weighted by molar-refractivity contribution is 14.1. The van der Waals surface area contributed by atoms with E-state index in [2.05, 4.69) is 68.8 Å². The molecule has 1 unspecified atom stereocenters. The van der Waals surface area contributed by atoms with Gasteiger partial charge in [0.05, 0.1) is 16.8 Å². The second kappa shape index (κ2) is 9.34. The third-order valence-electron chi connectivity index (χ3n) is 6.77. The van der Waals surface area contributed by atoms with Gasteiger partial charge in [-0.1, -0.05) is 59.1 Å². The third-order valence-corrected chi connectivity index (χ3v) is 8.28. The normalized spacial score (nSPS) is 20.4. The molecule has 1 heterocycles. The van der Waals surface area contributed by atoms with Crippen LogP contribution in [0.4, 0.5) is 5.69 Å². The number of piperazine rings is 1. The lowest BCUT2D eigenvalue weighted by atomic mass is 9.94. The van der Waals surface area contributed by atoms with Gasteiger partial charge < -0.3 is 4.90 Å². The Bertz CT molecular complexity index is 1100. The van der Waals surface area contributed by atoms with Crippen molar-refractivity contribution in [3.8, 4) is 0 Å². The van der Waals surface area contributed by atoms with Gasteiger partial charge in [0.1, 0.15) is 0 Å². The highest BCUT2D eigenvalue weighted by Gasteiger charge is 2.46. The standard InChI is InChI=1S/C26H24Cl3IN2/c27-20-5-1-18(2-6-20)25-16-31(13-14-32(25)24-10-7-21(28)15-23(24)29)17-26(11-12-26)19-3-8-22(30)9-4-19/h1-10,15,25H,11-14,16-17H2. The van der Waals surface area contributed by atoms with Crippen molar-refractivity contribution in [1.29, 1.82) is 0 Å². The number of rotatable bonds is 5. The van der Waals surface area contributed by atoms with Crippen molar-refractivity contribution in [3.05, 3.63) is 96.5 Å². The lowest BCUT2D eigenvalue weighted by Gasteiger charge is -2.44. The Balaban J connectivity index is 1.41. The molecule has 5 rings (SSSR count). The van der Waals surface area contributed by atoms with E-state index >= 15 is 0 Å². The number of hydrogen-bond donors (Lipinski definition) is 0. The summed E-state index contributed by atoms with van der Waals surface area (Å²) in [7, 11) is 0. The van der Waals surface area contributed by atoms with Gasteiger partial charge >= 0.3 is 0 Å². The van der Waals surface area contributed by atoms with Crippen LogP contribution in [0.5, 0.6) is 0 Å². The number of benzene rings is 3. The van der Waals surface area contributed by atoms with E-state index in [9.17, 15) is 0 Å². The van der Waals surface area contributed by atoms with Gasteiger partial charge in [-0.2, -0.15) is 0 Å². The molecular formula is C26H24Cl3IN2. The van der Waals surface area contributed by atoms with Crippen LogP contribution in [-0.4, -0.2) is 31.1 Å². The van der Waals surface area contributed by atoms with Crippen LogP contribution in [0.25, 0.3) is 0 Å². The van der Waals surface area contributed by atoms with Gasteiger partial charge in [0.15, 0.2) is 0 Å². The molecular weight excluding hydrogens is 574 g/mol. The quantitative estimate of drug-likeness (QED) is 0.277. The van der Waals surface area contributed by atoms with Crippen LogP contribution in [0, 0.1) is 3.57 Å². The predicted octanol–water partition coefficient (Wildman–Crippen LogP) is 7.85. The smallest absolute Gasteiger partial charge is 0.0670 e. The monoisotopic (exact) mass is 596 g/mol. The number of nitrogens with zero attached hydrogens (tertiary/aromatic N) is 2. The predicted molar refractivity (Wildman–Crippen MR) is 145 cm³/mol. The lowest BCUT2D eigenvalue weighted by Crippen LogP contribution is -2.50. The van der Waals surface area contributed by atoms with Crippen molar-refractivity contribution in [2.75, 3.05) is 31.1 Å². The second-order valence-electron chi connectivity index (χ2n) is 8.88. The molecule has 0 N–H and O–H groups in total. The molecule has 1 saturated carbocycles. The van der Waals surface area contributed by atoms with Gasteiger partial charge in [-0.15, -0.1) is 0 Å². The van der Waals surface area contributed by atoms with Gasteiger partial charge in [0, 0.05) is 45.2 Å². The highest BCUT2D eigenvalue weighted by Crippen LogP contribution is 2.49. The Morgan fingerprint density at radius 2 is 1.53 bits per heavy atom. The summed E-state index contributed by atoms with van der Waals surface area (Å²) in [5.41, 5.74) is 4.07. The maximum Gasteiger partial charge on any atom is 0.0670 e. The van der Waals surface area contributed by atoms with Crippen LogP contribution in [0.1, 0.15) is 30.0 Å². The minimum Gasteiger partial charge on any atom is -0.361 e. The molecule has 0 amide bonds. The molecule has 6 heteroatoms. The summed E-state index contributed by atoms with van der Waals surface area (Å²) in [5.74, 6) is 0. The molecule has 1 aliphatic heterocycles. The summed E-state index contributed by atoms with van der Waals surface area (Å²) in [6.07, 6.45) is 2.53. The fourth-order valence-corrected chi connectivity index (χ4v) is 5.88. The van der Waals surface area contributed by atoms with Crippen LogP contribution in [0.3, 0.4) is 0 Å². The summed E-state index contributed by atoms with van der Waals surface area (Å²) in [4.78, 5) is 5.05. The first-order valence-electron chi connectivity index (χ1n) is 10.9. The molecule has 3 aromatic carbocycles. The minimum absolute atomic E-state index is 0.201. The first-order valence-corrected chi connectivity index (χ1v) is 13.1. The van der Waals surface area contributed by atoms with E-state index < -0.39 is 0 Å². The molecule has 1 atom stereocenters. The van der Waals surface area contributed by atoms with E-state index in [-0.39, 0.29) is 6.04 Å². The first kappa shape index (κ1) is 22.8. The van der Waals surface area contributed by atoms with E-state index in [0.717, 1.165) is 36.9 Å². The van der Waals surface area contributed by atoms with Gasteiger partial charge in [-0.3, -0.25) is 4.90 Å². The minimum atomic E-state index is 0.201. The molecule has 2 fully saturated rings. The van der Waals surface area contributed by atoms with Crippen molar-refractivity contribution in [2.24, 2.45) is 0 Å². The van der Waals surface area contributed by atoms with E-state index in [1.54, 1.807) is 0 Å². The molecule has 32 heavy (non-hydrogen) atoms. The zero-order chi connectivity index (χ0) is 22.3. The Kier molecular flexibility index (Phi) is 6.65. The largest absolute Gasteiger partial charge is 0.361 e. The van der Waals surface area contributed by atoms with E-state index in [0.29, 0.717) is 15.5 Å². The number of anilines is 1.